The summed E-state index contributed by atoms with van der Waals surface area (Å²) in [7, 11) is 1.81. The van der Waals surface area contributed by atoms with Gasteiger partial charge in [-0.05, 0) is 0 Å². The highest BCUT2D eigenvalue weighted by atomic mass is 16.2. The van der Waals surface area contributed by atoms with Gasteiger partial charge < -0.3 is 4.90 Å². The van der Waals surface area contributed by atoms with E-state index in [1.165, 1.54) is 0 Å². The molecule has 58 valence electrons. The summed E-state index contributed by atoms with van der Waals surface area (Å²) in [6.45, 7) is 4.78. The highest BCUT2D eigenvalue weighted by molar-refractivity contribution is 5.78. The third-order valence-electron chi connectivity index (χ3n) is 1.26. The highest BCUT2D eigenvalue weighted by Gasteiger charge is 2.07. The van der Waals surface area contributed by atoms with Crippen LogP contribution < -0.4 is 0 Å². The van der Waals surface area contributed by atoms with Gasteiger partial charge >= 0.3 is 0 Å². The van der Waals surface area contributed by atoms with E-state index in [0.29, 0.717) is 6.42 Å². The van der Waals surface area contributed by atoms with Gasteiger partial charge in [0, 0.05) is 20.0 Å². The molecule has 1 aliphatic rings. The van der Waals surface area contributed by atoms with Crippen LogP contribution in [0.5, 0.6) is 0 Å². The molecule has 0 bridgehead atoms. The third-order valence-corrected chi connectivity index (χ3v) is 1.26. The fourth-order valence-corrected chi connectivity index (χ4v) is 0.674. The maximum Gasteiger partial charge on any atom is 0.226 e. The second kappa shape index (κ2) is 5.03. The number of hydrogen-bond donors (Lipinski definition) is 0. The van der Waals surface area contributed by atoms with Gasteiger partial charge in [-0.3, -0.25) is 4.79 Å². The van der Waals surface area contributed by atoms with Crippen LogP contribution in [0.2, 0.25) is 0 Å². The maximum atomic E-state index is 10.7. The van der Waals surface area contributed by atoms with Gasteiger partial charge in [-0.15, -0.1) is 0 Å². The number of likely N-dealkylation sites (N-methyl/N-ethyl adjacent to an activating group) is 1. The van der Waals surface area contributed by atoms with Crippen molar-refractivity contribution in [3.8, 4) is 0 Å². The number of carbonyl (C=O) groups excluding carboxylic acids is 1. The van der Waals surface area contributed by atoms with Crippen molar-refractivity contribution in [3.63, 3.8) is 0 Å². The molecule has 1 rings (SSSR count). The van der Waals surface area contributed by atoms with Crippen LogP contribution in [0.15, 0.2) is 12.2 Å². The minimum Gasteiger partial charge on any atom is -0.342 e. The summed E-state index contributed by atoms with van der Waals surface area (Å²) < 4.78 is 0. The minimum atomic E-state index is 0.215. The molecule has 2 heteroatoms. The number of hydrogen-bond acceptors (Lipinski definition) is 1. The van der Waals surface area contributed by atoms with Crippen molar-refractivity contribution in [3.05, 3.63) is 12.2 Å². The van der Waals surface area contributed by atoms with E-state index in [4.69, 9.17) is 0 Å². The van der Waals surface area contributed by atoms with Crippen LogP contribution in [-0.4, -0.2) is 24.4 Å². The largest absolute Gasteiger partial charge is 0.342 e. The van der Waals surface area contributed by atoms with Crippen molar-refractivity contribution in [2.75, 3.05) is 13.6 Å². The first kappa shape index (κ1) is 9.21. The zero-order chi connectivity index (χ0) is 7.98. The third kappa shape index (κ3) is 2.67. The molecule has 1 amide bonds. The van der Waals surface area contributed by atoms with E-state index in [0.717, 1.165) is 6.54 Å². The Kier molecular flexibility index (Phi) is 4.63. The van der Waals surface area contributed by atoms with Crippen LogP contribution in [-0.2, 0) is 4.79 Å². The van der Waals surface area contributed by atoms with E-state index < -0.39 is 0 Å². The number of carbonyl (C=O) groups is 1. The van der Waals surface area contributed by atoms with Gasteiger partial charge in [-0.25, -0.2) is 0 Å². The average molecular weight is 141 g/mol. The van der Waals surface area contributed by atoms with Crippen LogP contribution in [0.3, 0.4) is 0 Å². The molecule has 0 aromatic rings. The quantitative estimate of drug-likeness (QED) is 0.467. The molecular formula is C8H15NO. The zero-order valence-corrected chi connectivity index (χ0v) is 6.92. The predicted molar refractivity (Wildman–Crippen MR) is 42.7 cm³/mol. The monoisotopic (exact) mass is 141 g/mol. The van der Waals surface area contributed by atoms with Gasteiger partial charge in [0.2, 0.25) is 5.91 Å². The number of amides is 1. The Hall–Kier alpha value is -0.790. The summed E-state index contributed by atoms with van der Waals surface area (Å²) >= 11 is 0. The van der Waals surface area contributed by atoms with Crippen molar-refractivity contribution in [1.82, 2.24) is 4.90 Å². The van der Waals surface area contributed by atoms with Gasteiger partial charge in [0.05, 0.1) is 0 Å². The smallest absolute Gasteiger partial charge is 0.226 e. The second-order valence-corrected chi connectivity index (χ2v) is 1.95. The lowest BCUT2D eigenvalue weighted by atomic mass is 10.2. The molecule has 0 spiro atoms. The zero-order valence-electron chi connectivity index (χ0n) is 6.92. The summed E-state index contributed by atoms with van der Waals surface area (Å²) in [5.41, 5.74) is 0. The molecule has 0 N–H and O–H groups in total. The fourth-order valence-electron chi connectivity index (χ4n) is 0.674. The Morgan fingerprint density at radius 2 is 2.00 bits per heavy atom. The Balaban J connectivity index is 0.000000371. The molecule has 0 aromatic carbocycles. The molecule has 0 unspecified atom stereocenters. The predicted octanol–water partition coefficient (Wildman–Crippen LogP) is 1.43. The van der Waals surface area contributed by atoms with E-state index in [1.54, 1.807) is 4.90 Å². The summed E-state index contributed by atoms with van der Waals surface area (Å²) in [6, 6.07) is 0. The molecule has 0 aromatic heterocycles. The molecule has 0 fully saturated rings. The van der Waals surface area contributed by atoms with Crippen LogP contribution in [0, 0.1) is 0 Å². The Bertz CT molecular complexity index is 129. The lowest BCUT2D eigenvalue weighted by molar-refractivity contribution is -0.128. The summed E-state index contributed by atoms with van der Waals surface area (Å²) in [4.78, 5) is 12.4. The molecular weight excluding hydrogens is 126 g/mol. The Morgan fingerprint density at radius 1 is 1.40 bits per heavy atom. The molecule has 1 aliphatic heterocycles. The molecule has 0 saturated carbocycles. The average Bonchev–Trinajstić information content (AvgIpc) is 2.00. The molecule has 10 heavy (non-hydrogen) atoms. The van der Waals surface area contributed by atoms with Crippen LogP contribution in [0.25, 0.3) is 0 Å². The molecule has 0 aliphatic carbocycles. The van der Waals surface area contributed by atoms with E-state index in [2.05, 4.69) is 0 Å². The van der Waals surface area contributed by atoms with Gasteiger partial charge in [0.25, 0.3) is 0 Å². The molecule has 1 heterocycles. The van der Waals surface area contributed by atoms with Gasteiger partial charge in [0.1, 0.15) is 0 Å². The lowest BCUT2D eigenvalue weighted by Gasteiger charge is -2.16. The Labute approximate surface area is 62.5 Å². The standard InChI is InChI=1S/C6H9NO.C2H6/c1-7-5-3-2-4-6(7)8;1-2/h2-3H,4-5H2,1H3;1-2H3. The Morgan fingerprint density at radius 3 is 2.30 bits per heavy atom. The molecule has 2 nitrogen and oxygen atoms in total. The van der Waals surface area contributed by atoms with Crippen LogP contribution in [0.4, 0.5) is 0 Å². The SMILES string of the molecule is CC.CN1CC=CCC1=O. The minimum absolute atomic E-state index is 0.215. The highest BCUT2D eigenvalue weighted by Crippen LogP contribution is 1.98. The first-order chi connectivity index (χ1) is 4.80. The summed E-state index contributed by atoms with van der Waals surface area (Å²) in [6.07, 6.45) is 4.49. The van der Waals surface area contributed by atoms with Crippen LogP contribution in [0.1, 0.15) is 20.3 Å². The normalized spacial score (nSPS) is 16.3. The van der Waals surface area contributed by atoms with Crippen molar-refractivity contribution >= 4 is 5.91 Å². The van der Waals surface area contributed by atoms with Gasteiger partial charge in [0.15, 0.2) is 0 Å². The van der Waals surface area contributed by atoms with E-state index in [9.17, 15) is 4.79 Å². The van der Waals surface area contributed by atoms with Gasteiger partial charge in [-0.1, -0.05) is 26.0 Å². The summed E-state index contributed by atoms with van der Waals surface area (Å²) in [5.74, 6) is 0.215. The second-order valence-electron chi connectivity index (χ2n) is 1.95. The van der Waals surface area contributed by atoms with Crippen molar-refractivity contribution in [2.24, 2.45) is 0 Å². The van der Waals surface area contributed by atoms with Crippen molar-refractivity contribution < 1.29 is 4.79 Å². The number of rotatable bonds is 0. The topological polar surface area (TPSA) is 20.3 Å². The first-order valence-electron chi connectivity index (χ1n) is 3.69. The molecule has 0 saturated heterocycles. The first-order valence-corrected chi connectivity index (χ1v) is 3.69. The van der Waals surface area contributed by atoms with E-state index >= 15 is 0 Å². The fraction of sp³-hybridized carbons (Fsp3) is 0.625. The molecule has 0 radical (unpaired) electrons. The van der Waals surface area contributed by atoms with E-state index in [1.807, 2.05) is 33.0 Å². The van der Waals surface area contributed by atoms with Crippen LogP contribution >= 0.6 is 0 Å². The maximum absolute atomic E-state index is 10.7. The van der Waals surface area contributed by atoms with Gasteiger partial charge in [-0.2, -0.15) is 0 Å². The van der Waals surface area contributed by atoms with E-state index in [-0.39, 0.29) is 5.91 Å². The lowest BCUT2D eigenvalue weighted by Crippen LogP contribution is -2.28. The summed E-state index contributed by atoms with van der Waals surface area (Å²) in [5, 5.41) is 0. The van der Waals surface area contributed by atoms with Crippen molar-refractivity contribution in [1.29, 1.82) is 0 Å². The number of nitrogens with zero attached hydrogens (tertiary/aromatic N) is 1. The van der Waals surface area contributed by atoms with Crippen molar-refractivity contribution in [2.45, 2.75) is 20.3 Å². The molecule has 0 atom stereocenters.